The van der Waals surface area contributed by atoms with Gasteiger partial charge in [0.15, 0.2) is 0 Å². The molecule has 0 aliphatic rings. The van der Waals surface area contributed by atoms with Crippen LogP contribution >= 0.6 is 15.9 Å². The molecule has 0 heterocycles. The van der Waals surface area contributed by atoms with Crippen LogP contribution in [0.15, 0.2) is 83.3 Å². The zero-order valence-electron chi connectivity index (χ0n) is 12.7. The number of ether oxygens (including phenoxy) is 1. The number of hydrogen-bond acceptors (Lipinski definition) is 2. The van der Waals surface area contributed by atoms with E-state index in [4.69, 9.17) is 4.74 Å². The molecule has 0 saturated heterocycles. The molecular formula is C20H18BrNO. The first kappa shape index (κ1) is 15.6. The molecule has 3 aromatic rings. The summed E-state index contributed by atoms with van der Waals surface area (Å²) in [7, 11) is 0. The second-order valence-electron chi connectivity index (χ2n) is 5.28. The van der Waals surface area contributed by atoms with Gasteiger partial charge in [0.2, 0.25) is 0 Å². The smallest absolute Gasteiger partial charge is 0.119 e. The lowest BCUT2D eigenvalue weighted by Crippen LogP contribution is -1.99. The fraction of sp³-hybridized carbons (Fsp3) is 0.100. The Balaban J connectivity index is 1.51. The molecular weight excluding hydrogens is 350 g/mol. The summed E-state index contributed by atoms with van der Waals surface area (Å²) in [5.41, 5.74) is 3.51. The summed E-state index contributed by atoms with van der Waals surface area (Å²) in [6, 6.07) is 26.6. The molecule has 2 nitrogen and oxygen atoms in total. The second kappa shape index (κ2) is 7.84. The summed E-state index contributed by atoms with van der Waals surface area (Å²) in [5.74, 6) is 0.890. The van der Waals surface area contributed by atoms with Gasteiger partial charge < -0.3 is 10.1 Å². The SMILES string of the molecule is Brc1ccc(NCc2ccc(OCc3ccccc3)cc2)cc1. The molecule has 0 saturated carbocycles. The van der Waals surface area contributed by atoms with E-state index in [1.165, 1.54) is 11.1 Å². The van der Waals surface area contributed by atoms with Gasteiger partial charge in [0.05, 0.1) is 0 Å². The molecule has 1 N–H and O–H groups in total. The predicted molar refractivity (Wildman–Crippen MR) is 98.7 cm³/mol. The van der Waals surface area contributed by atoms with Gasteiger partial charge in [-0.05, 0) is 47.5 Å². The van der Waals surface area contributed by atoms with E-state index in [9.17, 15) is 0 Å². The molecule has 0 aromatic heterocycles. The molecule has 3 aromatic carbocycles. The van der Waals surface area contributed by atoms with Gasteiger partial charge in [-0.3, -0.25) is 0 Å². The van der Waals surface area contributed by atoms with E-state index in [-0.39, 0.29) is 0 Å². The summed E-state index contributed by atoms with van der Waals surface area (Å²) in [6.45, 7) is 1.39. The van der Waals surface area contributed by atoms with E-state index in [1.807, 2.05) is 42.5 Å². The summed E-state index contributed by atoms with van der Waals surface area (Å²) >= 11 is 3.44. The van der Waals surface area contributed by atoms with Crippen LogP contribution in [0.4, 0.5) is 5.69 Å². The number of rotatable bonds is 6. The fourth-order valence-corrected chi connectivity index (χ4v) is 2.48. The molecule has 3 rings (SSSR count). The van der Waals surface area contributed by atoms with Crippen LogP contribution in [0.2, 0.25) is 0 Å². The highest BCUT2D eigenvalue weighted by molar-refractivity contribution is 9.10. The van der Waals surface area contributed by atoms with Gasteiger partial charge in [0.1, 0.15) is 12.4 Å². The van der Waals surface area contributed by atoms with Crippen LogP contribution in [0.25, 0.3) is 0 Å². The van der Waals surface area contributed by atoms with Crippen LogP contribution < -0.4 is 10.1 Å². The lowest BCUT2D eigenvalue weighted by molar-refractivity contribution is 0.306. The van der Waals surface area contributed by atoms with Crippen molar-refractivity contribution < 1.29 is 4.74 Å². The highest BCUT2D eigenvalue weighted by Gasteiger charge is 1.98. The Labute approximate surface area is 145 Å². The lowest BCUT2D eigenvalue weighted by Gasteiger charge is -2.09. The van der Waals surface area contributed by atoms with Crippen molar-refractivity contribution in [2.75, 3.05) is 5.32 Å². The van der Waals surface area contributed by atoms with Gasteiger partial charge >= 0.3 is 0 Å². The first-order chi connectivity index (χ1) is 11.3. The van der Waals surface area contributed by atoms with E-state index in [2.05, 4.69) is 57.6 Å². The summed E-state index contributed by atoms with van der Waals surface area (Å²) < 4.78 is 6.88. The first-order valence-corrected chi connectivity index (χ1v) is 8.34. The zero-order chi connectivity index (χ0) is 15.9. The topological polar surface area (TPSA) is 21.3 Å². The van der Waals surface area contributed by atoms with E-state index in [0.29, 0.717) is 6.61 Å². The molecule has 0 aliphatic carbocycles. The number of nitrogens with one attached hydrogen (secondary N) is 1. The Hall–Kier alpha value is -2.26. The lowest BCUT2D eigenvalue weighted by atomic mass is 10.2. The molecule has 0 aliphatic heterocycles. The quantitative estimate of drug-likeness (QED) is 0.608. The number of hydrogen-bond donors (Lipinski definition) is 1. The third kappa shape index (κ3) is 4.86. The minimum Gasteiger partial charge on any atom is -0.489 e. The van der Waals surface area contributed by atoms with Crippen LogP contribution in [-0.4, -0.2) is 0 Å². The average Bonchev–Trinajstić information content (AvgIpc) is 2.61. The largest absolute Gasteiger partial charge is 0.489 e. The van der Waals surface area contributed by atoms with Gasteiger partial charge in [-0.1, -0.05) is 58.4 Å². The van der Waals surface area contributed by atoms with Crippen molar-refractivity contribution in [1.82, 2.24) is 0 Å². The fourth-order valence-electron chi connectivity index (χ4n) is 2.22. The molecule has 0 fully saturated rings. The Kier molecular flexibility index (Phi) is 5.33. The minimum absolute atomic E-state index is 0.595. The van der Waals surface area contributed by atoms with Gasteiger partial charge in [-0.25, -0.2) is 0 Å². The maximum Gasteiger partial charge on any atom is 0.119 e. The van der Waals surface area contributed by atoms with Crippen molar-refractivity contribution in [2.45, 2.75) is 13.2 Å². The van der Waals surface area contributed by atoms with Crippen molar-refractivity contribution in [3.05, 3.63) is 94.5 Å². The molecule has 0 bridgehead atoms. The molecule has 0 radical (unpaired) electrons. The Bertz CT molecular complexity index is 724. The number of anilines is 1. The van der Waals surface area contributed by atoms with Crippen LogP contribution in [0.3, 0.4) is 0 Å². The average molecular weight is 368 g/mol. The molecule has 3 heteroatoms. The molecule has 0 spiro atoms. The Morgan fingerprint density at radius 1 is 0.739 bits per heavy atom. The highest BCUT2D eigenvalue weighted by atomic mass is 79.9. The third-order valence-corrected chi connectivity index (χ3v) is 4.04. The highest BCUT2D eigenvalue weighted by Crippen LogP contribution is 2.17. The Morgan fingerprint density at radius 3 is 2.13 bits per heavy atom. The van der Waals surface area contributed by atoms with Gasteiger partial charge in [0, 0.05) is 16.7 Å². The van der Waals surface area contributed by atoms with Gasteiger partial charge in [-0.2, -0.15) is 0 Å². The third-order valence-electron chi connectivity index (χ3n) is 3.51. The summed E-state index contributed by atoms with van der Waals surface area (Å²) in [5, 5.41) is 3.40. The number of halogens is 1. The van der Waals surface area contributed by atoms with Crippen LogP contribution in [-0.2, 0) is 13.2 Å². The number of benzene rings is 3. The monoisotopic (exact) mass is 367 g/mol. The molecule has 0 atom stereocenters. The first-order valence-electron chi connectivity index (χ1n) is 7.55. The van der Waals surface area contributed by atoms with Crippen LogP contribution in [0.5, 0.6) is 5.75 Å². The van der Waals surface area contributed by atoms with Crippen molar-refractivity contribution in [3.8, 4) is 5.75 Å². The maximum absolute atomic E-state index is 5.80. The maximum atomic E-state index is 5.80. The van der Waals surface area contributed by atoms with Gasteiger partial charge in [-0.15, -0.1) is 0 Å². The van der Waals surface area contributed by atoms with Crippen molar-refractivity contribution in [2.24, 2.45) is 0 Å². The predicted octanol–water partition coefficient (Wildman–Crippen LogP) is 5.64. The normalized spacial score (nSPS) is 10.3. The summed E-state index contributed by atoms with van der Waals surface area (Å²) in [4.78, 5) is 0. The van der Waals surface area contributed by atoms with E-state index in [0.717, 1.165) is 22.5 Å². The van der Waals surface area contributed by atoms with Crippen molar-refractivity contribution in [1.29, 1.82) is 0 Å². The second-order valence-corrected chi connectivity index (χ2v) is 6.19. The van der Waals surface area contributed by atoms with Crippen molar-refractivity contribution >= 4 is 21.6 Å². The Morgan fingerprint density at radius 2 is 1.43 bits per heavy atom. The van der Waals surface area contributed by atoms with E-state index < -0.39 is 0 Å². The van der Waals surface area contributed by atoms with Crippen LogP contribution in [0, 0.1) is 0 Å². The minimum atomic E-state index is 0.595. The molecule has 116 valence electrons. The standard InChI is InChI=1S/C20H18BrNO/c21-18-8-10-19(11-9-18)22-14-16-6-12-20(13-7-16)23-15-17-4-2-1-3-5-17/h1-13,22H,14-15H2. The van der Waals surface area contributed by atoms with E-state index in [1.54, 1.807) is 0 Å². The van der Waals surface area contributed by atoms with E-state index >= 15 is 0 Å². The van der Waals surface area contributed by atoms with Crippen molar-refractivity contribution in [3.63, 3.8) is 0 Å². The van der Waals surface area contributed by atoms with Gasteiger partial charge in [0.25, 0.3) is 0 Å². The zero-order valence-corrected chi connectivity index (χ0v) is 14.3. The van der Waals surface area contributed by atoms with Crippen LogP contribution in [0.1, 0.15) is 11.1 Å². The summed E-state index contributed by atoms with van der Waals surface area (Å²) in [6.07, 6.45) is 0. The molecule has 23 heavy (non-hydrogen) atoms. The molecule has 0 amide bonds. The molecule has 0 unspecified atom stereocenters.